The van der Waals surface area contributed by atoms with Crippen molar-refractivity contribution in [2.45, 2.75) is 46.5 Å². The molecular weight excluding hydrogens is 204 g/mol. The zero-order valence-corrected chi connectivity index (χ0v) is 11.2. The van der Waals surface area contributed by atoms with Gasteiger partial charge in [-0.05, 0) is 53.7 Å². The summed E-state index contributed by atoms with van der Waals surface area (Å²) in [5, 5.41) is 0. The van der Waals surface area contributed by atoms with Crippen LogP contribution in [-0.2, 0) is 6.42 Å². The van der Waals surface area contributed by atoms with Crippen molar-refractivity contribution < 1.29 is 0 Å². The van der Waals surface area contributed by atoms with E-state index in [1.54, 1.807) is 22.3 Å². The lowest BCUT2D eigenvalue weighted by atomic mass is 9.70. The van der Waals surface area contributed by atoms with Crippen LogP contribution in [0, 0.1) is 11.3 Å². The van der Waals surface area contributed by atoms with Gasteiger partial charge in [0.15, 0.2) is 0 Å². The first-order valence-corrected chi connectivity index (χ1v) is 6.85. The van der Waals surface area contributed by atoms with Crippen molar-refractivity contribution in [3.63, 3.8) is 0 Å². The average Bonchev–Trinajstić information content (AvgIpc) is 2.65. The molecule has 1 unspecified atom stereocenters. The average molecular weight is 226 g/mol. The minimum absolute atomic E-state index is 0.454. The van der Waals surface area contributed by atoms with Crippen LogP contribution in [0.1, 0.15) is 51.2 Å². The third kappa shape index (κ3) is 1.84. The van der Waals surface area contributed by atoms with Gasteiger partial charge in [-0.1, -0.05) is 50.6 Å². The molecule has 0 nitrogen and oxygen atoms in total. The van der Waals surface area contributed by atoms with Gasteiger partial charge in [-0.25, -0.2) is 0 Å². The molecular formula is C17H22. The zero-order chi connectivity index (χ0) is 12.0. The van der Waals surface area contributed by atoms with E-state index in [9.17, 15) is 0 Å². The number of benzene rings is 1. The summed E-state index contributed by atoms with van der Waals surface area (Å²) in [5.41, 5.74) is 6.98. The van der Waals surface area contributed by atoms with Crippen LogP contribution in [0.15, 0.2) is 29.8 Å². The van der Waals surface area contributed by atoms with Gasteiger partial charge in [-0.3, -0.25) is 0 Å². The molecule has 0 saturated heterocycles. The zero-order valence-electron chi connectivity index (χ0n) is 11.2. The largest absolute Gasteiger partial charge is 0.0620 e. The Balaban J connectivity index is 1.94. The minimum atomic E-state index is 0.454. The molecule has 0 saturated carbocycles. The molecule has 1 aromatic rings. The Labute approximate surface area is 105 Å². The highest BCUT2D eigenvalue weighted by Crippen LogP contribution is 2.47. The van der Waals surface area contributed by atoms with E-state index in [4.69, 9.17) is 0 Å². The van der Waals surface area contributed by atoms with Gasteiger partial charge >= 0.3 is 0 Å². The van der Waals surface area contributed by atoms with E-state index >= 15 is 0 Å². The summed E-state index contributed by atoms with van der Waals surface area (Å²) >= 11 is 0. The van der Waals surface area contributed by atoms with Gasteiger partial charge < -0.3 is 0 Å². The summed E-state index contributed by atoms with van der Waals surface area (Å²) in [6.07, 6.45) is 5.24. The second kappa shape index (κ2) is 3.73. The van der Waals surface area contributed by atoms with Crippen LogP contribution in [0.2, 0.25) is 0 Å². The van der Waals surface area contributed by atoms with E-state index in [-0.39, 0.29) is 0 Å². The first kappa shape index (κ1) is 11.1. The summed E-state index contributed by atoms with van der Waals surface area (Å²) in [4.78, 5) is 0. The van der Waals surface area contributed by atoms with E-state index in [1.807, 2.05) is 0 Å². The Kier molecular flexibility index (Phi) is 2.43. The van der Waals surface area contributed by atoms with Gasteiger partial charge in [0.2, 0.25) is 0 Å². The normalized spacial score (nSPS) is 23.6. The maximum absolute atomic E-state index is 2.39. The fourth-order valence-corrected chi connectivity index (χ4v) is 3.43. The fourth-order valence-electron chi connectivity index (χ4n) is 3.43. The van der Waals surface area contributed by atoms with Gasteiger partial charge in [0.25, 0.3) is 0 Å². The molecule has 0 N–H and O–H groups in total. The predicted octanol–water partition coefficient (Wildman–Crippen LogP) is 4.84. The number of rotatable bonds is 0. The molecule has 0 heterocycles. The molecule has 1 atom stereocenters. The number of allylic oxidation sites excluding steroid dienone is 2. The summed E-state index contributed by atoms with van der Waals surface area (Å²) < 4.78 is 0. The molecule has 0 bridgehead atoms. The molecule has 0 fully saturated rings. The highest BCUT2D eigenvalue weighted by atomic mass is 14.4. The molecule has 0 amide bonds. The van der Waals surface area contributed by atoms with Crippen molar-refractivity contribution in [1.82, 2.24) is 0 Å². The summed E-state index contributed by atoms with van der Waals surface area (Å²) in [5.74, 6) is 0.854. The Hall–Kier alpha value is -1.04. The van der Waals surface area contributed by atoms with Gasteiger partial charge in [0, 0.05) is 0 Å². The lowest BCUT2D eigenvalue weighted by Gasteiger charge is -2.35. The number of fused-ring (bicyclic) bond motifs is 2. The van der Waals surface area contributed by atoms with Crippen molar-refractivity contribution in [1.29, 1.82) is 0 Å². The Morgan fingerprint density at radius 2 is 1.88 bits per heavy atom. The lowest BCUT2D eigenvalue weighted by Crippen LogP contribution is -2.23. The first-order valence-electron chi connectivity index (χ1n) is 6.85. The highest BCUT2D eigenvalue weighted by Gasteiger charge is 2.33. The van der Waals surface area contributed by atoms with E-state index in [1.165, 1.54) is 25.7 Å². The standard InChI is InChI=1S/C17H22/c1-17(2,3)14-9-8-13-10-12-6-4-5-7-15(12)16(13)11-14/h4-7,14H,8-11H2,1-3H3. The summed E-state index contributed by atoms with van der Waals surface area (Å²) in [6.45, 7) is 7.18. The smallest absolute Gasteiger partial charge is 0.00550 e. The molecule has 17 heavy (non-hydrogen) atoms. The molecule has 2 aliphatic rings. The quantitative estimate of drug-likeness (QED) is 0.593. The van der Waals surface area contributed by atoms with Crippen LogP contribution in [0.25, 0.3) is 5.57 Å². The molecule has 0 heteroatoms. The van der Waals surface area contributed by atoms with Crippen LogP contribution in [-0.4, -0.2) is 0 Å². The second-order valence-electron chi connectivity index (χ2n) is 6.72. The van der Waals surface area contributed by atoms with Crippen molar-refractivity contribution in [2.75, 3.05) is 0 Å². The Bertz CT molecular complexity index is 471. The minimum Gasteiger partial charge on any atom is -0.0620 e. The van der Waals surface area contributed by atoms with Crippen LogP contribution < -0.4 is 0 Å². The molecule has 90 valence electrons. The van der Waals surface area contributed by atoms with E-state index in [0.717, 1.165) is 5.92 Å². The maximum atomic E-state index is 2.39. The van der Waals surface area contributed by atoms with Crippen LogP contribution in [0.4, 0.5) is 0 Å². The summed E-state index contributed by atoms with van der Waals surface area (Å²) in [6, 6.07) is 9.00. The van der Waals surface area contributed by atoms with Crippen molar-refractivity contribution >= 4 is 5.57 Å². The van der Waals surface area contributed by atoms with Crippen LogP contribution in [0.3, 0.4) is 0 Å². The first-order chi connectivity index (χ1) is 8.05. The lowest BCUT2D eigenvalue weighted by molar-refractivity contribution is 0.225. The van der Waals surface area contributed by atoms with Crippen molar-refractivity contribution in [3.05, 3.63) is 41.0 Å². The molecule has 2 aliphatic carbocycles. The van der Waals surface area contributed by atoms with Gasteiger partial charge in [-0.2, -0.15) is 0 Å². The van der Waals surface area contributed by atoms with E-state index in [0.29, 0.717) is 5.41 Å². The fraction of sp³-hybridized carbons (Fsp3) is 0.529. The second-order valence-corrected chi connectivity index (χ2v) is 6.72. The van der Waals surface area contributed by atoms with Crippen LogP contribution >= 0.6 is 0 Å². The predicted molar refractivity (Wildman–Crippen MR) is 73.9 cm³/mol. The maximum Gasteiger partial charge on any atom is -0.00550 e. The monoisotopic (exact) mass is 226 g/mol. The van der Waals surface area contributed by atoms with Gasteiger partial charge in [-0.15, -0.1) is 0 Å². The number of hydrogen-bond acceptors (Lipinski definition) is 0. The van der Waals surface area contributed by atoms with Crippen molar-refractivity contribution in [3.8, 4) is 0 Å². The Morgan fingerprint density at radius 3 is 2.65 bits per heavy atom. The third-order valence-electron chi connectivity index (χ3n) is 4.64. The highest BCUT2D eigenvalue weighted by molar-refractivity contribution is 5.77. The molecule has 0 radical (unpaired) electrons. The van der Waals surface area contributed by atoms with Crippen molar-refractivity contribution in [2.24, 2.45) is 11.3 Å². The van der Waals surface area contributed by atoms with E-state index < -0.39 is 0 Å². The molecule has 1 aromatic carbocycles. The molecule has 0 spiro atoms. The molecule has 0 aliphatic heterocycles. The molecule has 0 aromatic heterocycles. The van der Waals surface area contributed by atoms with E-state index in [2.05, 4.69) is 45.0 Å². The Morgan fingerprint density at radius 1 is 1.12 bits per heavy atom. The number of hydrogen-bond donors (Lipinski definition) is 0. The molecule has 3 rings (SSSR count). The van der Waals surface area contributed by atoms with Crippen LogP contribution in [0.5, 0.6) is 0 Å². The van der Waals surface area contributed by atoms with Gasteiger partial charge in [0.1, 0.15) is 0 Å². The summed E-state index contributed by atoms with van der Waals surface area (Å²) in [7, 11) is 0. The SMILES string of the molecule is CC(C)(C)C1CCC2=C(C1)c1ccccc1C2. The topological polar surface area (TPSA) is 0 Å². The van der Waals surface area contributed by atoms with Gasteiger partial charge in [0.05, 0.1) is 0 Å². The third-order valence-corrected chi connectivity index (χ3v) is 4.64.